The Balaban J connectivity index is 2.04. The summed E-state index contributed by atoms with van der Waals surface area (Å²) in [5.74, 6) is -0.943. The molecule has 0 aliphatic carbocycles. The van der Waals surface area contributed by atoms with Crippen molar-refractivity contribution in [2.24, 2.45) is 0 Å². The molecule has 0 aliphatic rings. The van der Waals surface area contributed by atoms with Crippen LogP contribution in [0.4, 0.5) is 10.1 Å². The van der Waals surface area contributed by atoms with Crippen LogP contribution >= 0.6 is 0 Å². The van der Waals surface area contributed by atoms with Gasteiger partial charge in [0.1, 0.15) is 17.1 Å². The summed E-state index contributed by atoms with van der Waals surface area (Å²) in [6, 6.07) is 9.68. The number of nitrogens with one attached hydrogen (secondary N) is 1. The number of amides is 1. The van der Waals surface area contributed by atoms with Crippen molar-refractivity contribution < 1.29 is 27.4 Å². The number of anilines is 1. The number of rotatable bonds is 6. The molecule has 168 valence electrons. The van der Waals surface area contributed by atoms with Gasteiger partial charge in [-0.05, 0) is 68.3 Å². The molecule has 0 saturated carbocycles. The molecule has 0 bridgehead atoms. The molecule has 1 aromatic heterocycles. The lowest BCUT2D eigenvalue weighted by molar-refractivity contribution is 0.102. The van der Waals surface area contributed by atoms with Gasteiger partial charge in [-0.1, -0.05) is 6.07 Å². The van der Waals surface area contributed by atoms with Gasteiger partial charge < -0.3 is 15.2 Å². The Morgan fingerprint density at radius 2 is 1.88 bits per heavy atom. The van der Waals surface area contributed by atoms with Crippen LogP contribution in [0.5, 0.6) is 11.6 Å². The summed E-state index contributed by atoms with van der Waals surface area (Å²) in [6.45, 7) is 4.71. The molecule has 0 radical (unpaired) electrons. The molecule has 3 rings (SSSR count). The van der Waals surface area contributed by atoms with E-state index < -0.39 is 27.7 Å². The fraction of sp³-hybridized carbons (Fsp3) is 0.227. The smallest absolute Gasteiger partial charge is 0.261 e. The molecule has 1 atom stereocenters. The van der Waals surface area contributed by atoms with Crippen molar-refractivity contribution in [2.75, 3.05) is 11.6 Å². The first-order valence-corrected chi connectivity index (χ1v) is 11.5. The molecule has 8 nitrogen and oxygen atoms in total. The molecular weight excluding hydrogens is 437 g/mol. The Hall–Kier alpha value is -3.37. The highest BCUT2D eigenvalue weighted by Crippen LogP contribution is 2.31. The lowest BCUT2D eigenvalue weighted by Crippen LogP contribution is -2.18. The van der Waals surface area contributed by atoms with Crippen molar-refractivity contribution in [3.63, 3.8) is 0 Å². The van der Waals surface area contributed by atoms with Gasteiger partial charge in [0.05, 0.1) is 16.7 Å². The van der Waals surface area contributed by atoms with Crippen LogP contribution in [0.25, 0.3) is 0 Å². The SMILES string of the molecule is Cc1cc(F)ccc1Oc1nnc(C(C)O)c(C)c1C(=O)Nc1cccc(S(C)(=O)=O)c1. The van der Waals surface area contributed by atoms with Crippen LogP contribution in [0.15, 0.2) is 47.4 Å². The summed E-state index contributed by atoms with van der Waals surface area (Å²) in [7, 11) is -3.47. The van der Waals surface area contributed by atoms with Gasteiger partial charge in [-0.2, -0.15) is 0 Å². The minimum absolute atomic E-state index is 0.00406. The summed E-state index contributed by atoms with van der Waals surface area (Å²) in [5.41, 5.74) is 1.25. The highest BCUT2D eigenvalue weighted by atomic mass is 32.2. The first-order chi connectivity index (χ1) is 15.0. The van der Waals surface area contributed by atoms with Crippen molar-refractivity contribution in [3.05, 3.63) is 70.7 Å². The third kappa shape index (κ3) is 5.09. The van der Waals surface area contributed by atoms with Gasteiger partial charge in [-0.25, -0.2) is 12.8 Å². The summed E-state index contributed by atoms with van der Waals surface area (Å²) >= 11 is 0. The number of hydrogen-bond acceptors (Lipinski definition) is 7. The van der Waals surface area contributed by atoms with Gasteiger partial charge in [0.2, 0.25) is 0 Å². The van der Waals surface area contributed by atoms with Crippen molar-refractivity contribution in [1.29, 1.82) is 0 Å². The van der Waals surface area contributed by atoms with E-state index in [9.17, 15) is 22.7 Å². The number of benzene rings is 2. The third-order valence-electron chi connectivity index (χ3n) is 4.71. The highest BCUT2D eigenvalue weighted by Gasteiger charge is 2.24. The molecular formula is C22H22FN3O5S. The zero-order valence-electron chi connectivity index (χ0n) is 17.9. The number of aliphatic hydroxyl groups excluding tert-OH is 1. The van der Waals surface area contributed by atoms with E-state index in [1.807, 2.05) is 0 Å². The van der Waals surface area contributed by atoms with Gasteiger partial charge in [-0.3, -0.25) is 4.79 Å². The van der Waals surface area contributed by atoms with Gasteiger partial charge in [0.15, 0.2) is 9.84 Å². The summed E-state index contributed by atoms with van der Waals surface area (Å²) < 4.78 is 42.9. The van der Waals surface area contributed by atoms with Crippen molar-refractivity contribution in [2.45, 2.75) is 31.8 Å². The Labute approximate surface area is 185 Å². The van der Waals surface area contributed by atoms with E-state index in [0.717, 1.165) is 6.26 Å². The number of aliphatic hydroxyl groups is 1. The maximum absolute atomic E-state index is 13.4. The van der Waals surface area contributed by atoms with Gasteiger partial charge >= 0.3 is 0 Å². The number of nitrogens with zero attached hydrogens (tertiary/aromatic N) is 2. The average Bonchev–Trinajstić information content (AvgIpc) is 2.69. The standard InChI is InChI=1S/C22H22FN3O5S/c1-12-10-15(23)8-9-18(12)31-22-19(13(2)20(14(3)27)25-26-22)21(28)24-16-6-5-7-17(11-16)32(4,29)30/h5-11,14,27H,1-4H3,(H,24,28). The lowest BCUT2D eigenvalue weighted by Gasteiger charge is -2.16. The van der Waals surface area contributed by atoms with E-state index in [1.54, 1.807) is 13.8 Å². The van der Waals surface area contributed by atoms with Crippen molar-refractivity contribution in [1.82, 2.24) is 10.2 Å². The van der Waals surface area contributed by atoms with E-state index in [4.69, 9.17) is 4.74 Å². The van der Waals surface area contributed by atoms with E-state index in [0.29, 0.717) is 11.1 Å². The molecule has 2 aromatic carbocycles. The van der Waals surface area contributed by atoms with Crippen LogP contribution in [0, 0.1) is 19.7 Å². The minimum atomic E-state index is -3.47. The normalized spacial score (nSPS) is 12.3. The fourth-order valence-electron chi connectivity index (χ4n) is 3.08. The number of aryl methyl sites for hydroxylation is 1. The Kier molecular flexibility index (Phi) is 6.56. The first kappa shape index (κ1) is 23.3. The van der Waals surface area contributed by atoms with Crippen LogP contribution in [0.3, 0.4) is 0 Å². The molecule has 32 heavy (non-hydrogen) atoms. The van der Waals surface area contributed by atoms with Gasteiger partial charge in [-0.15, -0.1) is 10.2 Å². The van der Waals surface area contributed by atoms with E-state index in [-0.39, 0.29) is 33.5 Å². The van der Waals surface area contributed by atoms with Gasteiger partial charge in [0.25, 0.3) is 11.8 Å². The zero-order valence-corrected chi connectivity index (χ0v) is 18.7. The molecule has 1 heterocycles. The van der Waals surface area contributed by atoms with E-state index >= 15 is 0 Å². The predicted octanol–water partition coefficient (Wildman–Crippen LogP) is 3.73. The number of hydrogen-bond donors (Lipinski definition) is 2. The predicted molar refractivity (Wildman–Crippen MR) is 116 cm³/mol. The first-order valence-electron chi connectivity index (χ1n) is 9.58. The topological polar surface area (TPSA) is 118 Å². The number of carbonyl (C=O) groups is 1. The van der Waals surface area contributed by atoms with Gasteiger partial charge in [0, 0.05) is 11.9 Å². The maximum Gasteiger partial charge on any atom is 0.261 e. The fourth-order valence-corrected chi connectivity index (χ4v) is 3.74. The molecule has 0 fully saturated rings. The molecule has 10 heteroatoms. The Bertz CT molecular complexity index is 1290. The summed E-state index contributed by atoms with van der Waals surface area (Å²) in [6.07, 6.45) is 0.0701. The zero-order chi connectivity index (χ0) is 23.6. The molecule has 2 N–H and O–H groups in total. The number of halogens is 1. The molecule has 3 aromatic rings. The number of ether oxygens (including phenoxy) is 1. The monoisotopic (exact) mass is 459 g/mol. The van der Waals surface area contributed by atoms with E-state index in [2.05, 4.69) is 15.5 Å². The number of aromatic nitrogens is 2. The van der Waals surface area contributed by atoms with Crippen LogP contribution in [0.2, 0.25) is 0 Å². The van der Waals surface area contributed by atoms with Crippen LogP contribution in [-0.2, 0) is 9.84 Å². The molecule has 0 spiro atoms. The molecule has 1 unspecified atom stereocenters. The van der Waals surface area contributed by atoms with Crippen LogP contribution in [0.1, 0.15) is 40.2 Å². The maximum atomic E-state index is 13.4. The lowest BCUT2D eigenvalue weighted by atomic mass is 10.1. The van der Waals surface area contributed by atoms with E-state index in [1.165, 1.54) is 49.4 Å². The minimum Gasteiger partial charge on any atom is -0.437 e. The molecule has 0 saturated heterocycles. The third-order valence-corrected chi connectivity index (χ3v) is 5.82. The highest BCUT2D eigenvalue weighted by molar-refractivity contribution is 7.90. The number of sulfone groups is 1. The van der Waals surface area contributed by atoms with Crippen molar-refractivity contribution in [3.8, 4) is 11.6 Å². The second kappa shape index (κ2) is 9.01. The summed E-state index contributed by atoms with van der Waals surface area (Å²) in [4.78, 5) is 13.2. The second-order valence-corrected chi connectivity index (χ2v) is 9.35. The molecule has 1 amide bonds. The second-order valence-electron chi connectivity index (χ2n) is 7.33. The molecule has 0 aliphatic heterocycles. The number of carbonyl (C=O) groups excluding carboxylic acids is 1. The Morgan fingerprint density at radius 3 is 2.50 bits per heavy atom. The summed E-state index contributed by atoms with van der Waals surface area (Å²) in [5, 5.41) is 20.5. The van der Waals surface area contributed by atoms with Crippen molar-refractivity contribution >= 4 is 21.4 Å². The van der Waals surface area contributed by atoms with Crippen LogP contribution < -0.4 is 10.1 Å². The Morgan fingerprint density at radius 1 is 1.16 bits per heavy atom. The largest absolute Gasteiger partial charge is 0.437 e. The quantitative estimate of drug-likeness (QED) is 0.576. The van der Waals surface area contributed by atoms with Crippen LogP contribution in [-0.4, -0.2) is 35.9 Å². The average molecular weight is 459 g/mol.